The number of nitrogens with zero attached hydrogens (tertiary/aromatic N) is 3. The summed E-state index contributed by atoms with van der Waals surface area (Å²) >= 11 is 0. The van der Waals surface area contributed by atoms with Crippen molar-refractivity contribution in [2.24, 2.45) is 11.7 Å². The zero-order valence-electron chi connectivity index (χ0n) is 10.7. The molecule has 0 saturated heterocycles. The van der Waals surface area contributed by atoms with Crippen LogP contribution in [0.5, 0.6) is 0 Å². The summed E-state index contributed by atoms with van der Waals surface area (Å²) in [5, 5.41) is 4.21. The van der Waals surface area contributed by atoms with Crippen molar-refractivity contribution in [2.75, 3.05) is 0 Å². The summed E-state index contributed by atoms with van der Waals surface area (Å²) in [6.07, 6.45) is 5.90. The molecule has 1 atom stereocenters. The topological polar surface area (TPSA) is 56.7 Å². The number of aryl methyl sites for hydroxylation is 2. The third-order valence-corrected chi connectivity index (χ3v) is 2.93. The quantitative estimate of drug-likeness (QED) is 0.770. The second-order valence-electron chi connectivity index (χ2n) is 4.70. The van der Waals surface area contributed by atoms with Gasteiger partial charge in [-0.2, -0.15) is 5.10 Å². The first-order valence-corrected chi connectivity index (χ1v) is 6.27. The van der Waals surface area contributed by atoms with Crippen molar-refractivity contribution in [1.82, 2.24) is 14.8 Å². The Hall–Kier alpha value is -0.900. The van der Waals surface area contributed by atoms with Crippen LogP contribution in [0.25, 0.3) is 0 Å². The molecule has 1 rings (SSSR count). The molecule has 1 aromatic heterocycles. The molecule has 4 heteroatoms. The molecule has 92 valence electrons. The molecule has 0 saturated carbocycles. The monoisotopic (exact) mass is 224 g/mol. The molecule has 1 unspecified atom stereocenters. The molecule has 4 nitrogen and oxygen atoms in total. The Morgan fingerprint density at radius 2 is 2.19 bits per heavy atom. The molecule has 0 aliphatic rings. The third kappa shape index (κ3) is 3.93. The van der Waals surface area contributed by atoms with Crippen molar-refractivity contribution in [3.63, 3.8) is 0 Å². The largest absolute Gasteiger partial charge is 0.327 e. The van der Waals surface area contributed by atoms with Gasteiger partial charge in [-0.3, -0.25) is 4.68 Å². The van der Waals surface area contributed by atoms with Crippen molar-refractivity contribution in [1.29, 1.82) is 0 Å². The fourth-order valence-corrected chi connectivity index (χ4v) is 1.71. The van der Waals surface area contributed by atoms with Gasteiger partial charge in [0.25, 0.3) is 0 Å². The van der Waals surface area contributed by atoms with Gasteiger partial charge in [0.05, 0.1) is 0 Å². The fraction of sp³-hybridized carbons (Fsp3) is 0.833. The smallest absolute Gasteiger partial charge is 0.138 e. The highest BCUT2D eigenvalue weighted by Crippen LogP contribution is 2.09. The second-order valence-corrected chi connectivity index (χ2v) is 4.70. The van der Waals surface area contributed by atoms with Crippen LogP contribution in [0.15, 0.2) is 6.33 Å². The summed E-state index contributed by atoms with van der Waals surface area (Å²) in [6.45, 7) is 7.46. The van der Waals surface area contributed by atoms with Crippen LogP contribution in [-0.2, 0) is 13.0 Å². The molecule has 2 N–H and O–H groups in total. The Morgan fingerprint density at radius 1 is 1.44 bits per heavy atom. The lowest BCUT2D eigenvalue weighted by Crippen LogP contribution is -2.26. The first kappa shape index (κ1) is 13.2. The third-order valence-electron chi connectivity index (χ3n) is 2.93. The van der Waals surface area contributed by atoms with Crippen molar-refractivity contribution in [2.45, 2.75) is 59.0 Å². The molecule has 0 aromatic carbocycles. The summed E-state index contributed by atoms with van der Waals surface area (Å²) in [4.78, 5) is 4.29. The van der Waals surface area contributed by atoms with Crippen LogP contribution in [-0.4, -0.2) is 20.8 Å². The van der Waals surface area contributed by atoms with E-state index in [1.807, 2.05) is 4.68 Å². The van der Waals surface area contributed by atoms with Gasteiger partial charge in [0, 0.05) is 19.0 Å². The normalized spacial score (nSPS) is 13.3. The van der Waals surface area contributed by atoms with Gasteiger partial charge in [0.2, 0.25) is 0 Å². The predicted molar refractivity (Wildman–Crippen MR) is 66.1 cm³/mol. The Labute approximate surface area is 98.2 Å². The van der Waals surface area contributed by atoms with Crippen molar-refractivity contribution in [3.05, 3.63) is 12.2 Å². The highest BCUT2D eigenvalue weighted by molar-refractivity contribution is 4.85. The van der Waals surface area contributed by atoms with Crippen LogP contribution in [0.2, 0.25) is 0 Å². The van der Waals surface area contributed by atoms with Gasteiger partial charge >= 0.3 is 0 Å². The summed E-state index contributed by atoms with van der Waals surface area (Å²) in [7, 11) is 0. The minimum absolute atomic E-state index is 0.308. The van der Waals surface area contributed by atoms with E-state index in [1.165, 1.54) is 0 Å². The summed E-state index contributed by atoms with van der Waals surface area (Å²) < 4.78 is 2.00. The highest BCUT2D eigenvalue weighted by atomic mass is 15.3. The van der Waals surface area contributed by atoms with E-state index in [9.17, 15) is 0 Å². The molecular formula is C12H24N4. The van der Waals surface area contributed by atoms with E-state index in [-0.39, 0.29) is 0 Å². The molecule has 1 heterocycles. The highest BCUT2D eigenvalue weighted by Gasteiger charge is 2.08. The maximum Gasteiger partial charge on any atom is 0.138 e. The maximum atomic E-state index is 6.01. The van der Waals surface area contributed by atoms with Gasteiger partial charge in [-0.05, 0) is 25.2 Å². The van der Waals surface area contributed by atoms with Crippen molar-refractivity contribution in [3.8, 4) is 0 Å². The van der Waals surface area contributed by atoms with E-state index in [1.54, 1.807) is 6.33 Å². The fourth-order valence-electron chi connectivity index (χ4n) is 1.71. The Balaban J connectivity index is 2.34. The van der Waals surface area contributed by atoms with E-state index in [0.29, 0.717) is 12.0 Å². The van der Waals surface area contributed by atoms with Gasteiger partial charge in [-0.1, -0.05) is 20.8 Å². The van der Waals surface area contributed by atoms with Crippen LogP contribution in [0.3, 0.4) is 0 Å². The van der Waals surface area contributed by atoms with E-state index < -0.39 is 0 Å². The van der Waals surface area contributed by atoms with E-state index in [4.69, 9.17) is 5.73 Å². The average molecular weight is 224 g/mol. The van der Waals surface area contributed by atoms with Crippen LogP contribution in [0, 0.1) is 5.92 Å². The molecule has 0 radical (unpaired) electrons. The number of nitrogens with two attached hydrogens (primary N) is 1. The SMILES string of the molecule is CCCn1ncnc1CCCC(N)C(C)C. The van der Waals surface area contributed by atoms with Crippen LogP contribution in [0.4, 0.5) is 0 Å². The molecule has 0 aliphatic heterocycles. The average Bonchev–Trinajstić information content (AvgIpc) is 2.66. The Bertz CT molecular complexity index is 293. The second kappa shape index (κ2) is 6.63. The van der Waals surface area contributed by atoms with E-state index in [2.05, 4.69) is 30.9 Å². The lowest BCUT2D eigenvalue weighted by atomic mass is 9.99. The minimum Gasteiger partial charge on any atom is -0.327 e. The molecule has 0 amide bonds. The number of hydrogen-bond acceptors (Lipinski definition) is 3. The first-order chi connectivity index (χ1) is 7.65. The van der Waals surface area contributed by atoms with Gasteiger partial charge < -0.3 is 5.73 Å². The molecular weight excluding hydrogens is 200 g/mol. The van der Waals surface area contributed by atoms with Gasteiger partial charge in [-0.15, -0.1) is 0 Å². The van der Waals surface area contributed by atoms with Crippen molar-refractivity contribution < 1.29 is 0 Å². The summed E-state index contributed by atoms with van der Waals surface area (Å²) in [6, 6.07) is 0.308. The van der Waals surface area contributed by atoms with E-state index in [0.717, 1.165) is 38.1 Å². The molecule has 0 fully saturated rings. The standard InChI is InChI=1S/C12H24N4/c1-4-8-16-12(14-9-15-16)7-5-6-11(13)10(2)3/h9-11H,4-8,13H2,1-3H3. The Kier molecular flexibility index (Phi) is 5.46. The summed E-state index contributed by atoms with van der Waals surface area (Å²) in [5.41, 5.74) is 6.01. The van der Waals surface area contributed by atoms with Crippen LogP contribution in [0.1, 0.15) is 45.9 Å². The predicted octanol–water partition coefficient (Wildman–Crippen LogP) is 1.99. The van der Waals surface area contributed by atoms with Gasteiger partial charge in [0.15, 0.2) is 0 Å². The maximum absolute atomic E-state index is 6.01. The number of aromatic nitrogens is 3. The summed E-state index contributed by atoms with van der Waals surface area (Å²) in [5.74, 6) is 1.66. The van der Waals surface area contributed by atoms with Crippen molar-refractivity contribution >= 4 is 0 Å². The number of rotatable bonds is 7. The van der Waals surface area contributed by atoms with Gasteiger partial charge in [-0.25, -0.2) is 4.98 Å². The van der Waals surface area contributed by atoms with Crippen LogP contribution >= 0.6 is 0 Å². The van der Waals surface area contributed by atoms with Gasteiger partial charge in [0.1, 0.15) is 12.2 Å². The molecule has 0 bridgehead atoms. The molecule has 0 aliphatic carbocycles. The lowest BCUT2D eigenvalue weighted by molar-refractivity contribution is 0.446. The minimum atomic E-state index is 0.308. The Morgan fingerprint density at radius 3 is 2.81 bits per heavy atom. The molecule has 1 aromatic rings. The van der Waals surface area contributed by atoms with E-state index >= 15 is 0 Å². The van der Waals surface area contributed by atoms with Crippen LogP contribution < -0.4 is 5.73 Å². The zero-order valence-corrected chi connectivity index (χ0v) is 10.7. The lowest BCUT2D eigenvalue weighted by Gasteiger charge is -2.14. The molecule has 0 spiro atoms. The first-order valence-electron chi connectivity index (χ1n) is 6.27. The zero-order chi connectivity index (χ0) is 12.0. The number of hydrogen-bond donors (Lipinski definition) is 1. The molecule has 16 heavy (non-hydrogen) atoms.